The summed E-state index contributed by atoms with van der Waals surface area (Å²) in [6, 6.07) is 32.9. The summed E-state index contributed by atoms with van der Waals surface area (Å²) < 4.78 is 7.50. The molecule has 4 heterocycles. The monoisotopic (exact) mass is 924 g/mol. The largest absolute Gasteiger partial charge is 0.288 e. The molecule has 0 fully saturated rings. The molecule has 292 valence electrons. The lowest BCUT2D eigenvalue weighted by molar-refractivity contribution is 0.0970. The number of ketones is 2. The maximum Gasteiger partial charge on any atom is 0.196 e. The van der Waals surface area contributed by atoms with Gasteiger partial charge in [0.2, 0.25) is 0 Å². The second-order valence-corrected chi connectivity index (χ2v) is 23.8. The van der Waals surface area contributed by atoms with E-state index in [1.807, 2.05) is 24.3 Å². The summed E-state index contributed by atoms with van der Waals surface area (Å²) in [5.74, 6) is -0.383. The summed E-state index contributed by atoms with van der Waals surface area (Å²) in [5, 5.41) is 0. The van der Waals surface area contributed by atoms with Crippen molar-refractivity contribution in [3.63, 3.8) is 0 Å². The zero-order chi connectivity index (χ0) is 40.8. The third-order valence-electron chi connectivity index (χ3n) is 10.0. The van der Waals surface area contributed by atoms with Crippen LogP contribution in [0.1, 0.15) is 54.1 Å². The molecular weight excluding hydrogens is 897 g/mol. The zero-order valence-electron chi connectivity index (χ0n) is 32.1. The lowest BCUT2D eigenvalue weighted by atomic mass is 9.84. The number of carbonyl (C=O) groups excluding carboxylic acids is 2. The number of carbonyl (C=O) groups is 2. The van der Waals surface area contributed by atoms with Gasteiger partial charge in [0, 0.05) is 41.8 Å². The summed E-state index contributed by atoms with van der Waals surface area (Å²) in [6.07, 6.45) is 0. The summed E-state index contributed by atoms with van der Waals surface area (Å²) in [7, 11) is 0. The fourth-order valence-electron chi connectivity index (χ4n) is 7.24. The van der Waals surface area contributed by atoms with Gasteiger partial charge in [0.05, 0.1) is 40.9 Å². The topological polar surface area (TPSA) is 85.7 Å². The van der Waals surface area contributed by atoms with Crippen LogP contribution in [0.5, 0.6) is 0 Å². The third-order valence-corrected chi connectivity index (χ3v) is 18.7. The van der Waals surface area contributed by atoms with Crippen LogP contribution >= 0.6 is 92.4 Å². The van der Waals surface area contributed by atoms with E-state index in [4.69, 9.17) is 19.9 Å². The van der Waals surface area contributed by atoms with E-state index in [2.05, 4.69) is 100 Å². The van der Waals surface area contributed by atoms with Gasteiger partial charge in [0.15, 0.2) is 28.9 Å². The van der Waals surface area contributed by atoms with E-state index < -0.39 is 0 Å². The highest BCUT2D eigenvalue weighted by atomic mass is 32.2. The van der Waals surface area contributed by atoms with Crippen LogP contribution in [-0.2, 0) is 0 Å². The van der Waals surface area contributed by atoms with E-state index in [0.717, 1.165) is 80.5 Å². The minimum atomic E-state index is -0.191. The lowest BCUT2D eigenvalue weighted by Gasteiger charge is -2.25. The third kappa shape index (κ3) is 7.00. The number of nitrogens with zero attached hydrogens (tertiary/aromatic N) is 4. The van der Waals surface area contributed by atoms with Gasteiger partial charge in [-0.15, -0.1) is 45.3 Å². The smallest absolute Gasteiger partial charge is 0.196 e. The molecule has 0 radical (unpaired) electrons. The summed E-state index contributed by atoms with van der Waals surface area (Å²) >= 11 is 12.1. The Bertz CT molecular complexity index is 3000. The quantitative estimate of drug-likeness (QED) is 0.147. The fraction of sp³-hybridized carbons (Fsp3) is 0.0870. The molecule has 1 aliphatic rings. The van der Waals surface area contributed by atoms with Crippen molar-refractivity contribution in [1.29, 1.82) is 0 Å². The molecule has 0 spiro atoms. The average molecular weight is 925 g/mol. The SMILES string of the molecule is Cc1ccc2sc(Sc3ccc(Sc4nc5cc(C)ccc5s4)c4c3C(=O)c3c(Sc5nc6cc(C)ccc6s5)ccc(Sc5nc6cc(C)ccc6s5)c3C4=O)nc2c1. The Labute approximate surface area is 377 Å². The van der Waals surface area contributed by atoms with Crippen molar-refractivity contribution in [1.82, 2.24) is 19.9 Å². The predicted octanol–water partition coefficient (Wildman–Crippen LogP) is 14.7. The minimum absolute atomic E-state index is 0.191. The minimum Gasteiger partial charge on any atom is -0.288 e. The Kier molecular flexibility index (Phi) is 9.77. The van der Waals surface area contributed by atoms with Crippen LogP contribution in [0.4, 0.5) is 0 Å². The van der Waals surface area contributed by atoms with Crippen LogP contribution in [0.15, 0.2) is 134 Å². The first-order valence-corrected chi connectivity index (χ1v) is 25.3. The molecule has 0 bridgehead atoms. The fourth-order valence-corrected chi connectivity index (χ4v) is 15.8. The van der Waals surface area contributed by atoms with Crippen molar-refractivity contribution in [3.8, 4) is 0 Å². The van der Waals surface area contributed by atoms with Crippen molar-refractivity contribution >= 4 is 145 Å². The van der Waals surface area contributed by atoms with Crippen molar-refractivity contribution in [2.24, 2.45) is 0 Å². The van der Waals surface area contributed by atoms with Gasteiger partial charge in [-0.1, -0.05) is 71.3 Å². The molecule has 1 aliphatic carbocycles. The molecule has 0 unspecified atom stereocenters. The highest BCUT2D eigenvalue weighted by Crippen LogP contribution is 2.50. The first kappa shape index (κ1) is 38.5. The van der Waals surface area contributed by atoms with Crippen LogP contribution in [-0.4, -0.2) is 31.5 Å². The van der Waals surface area contributed by atoms with Gasteiger partial charge >= 0.3 is 0 Å². The molecule has 0 atom stereocenters. The van der Waals surface area contributed by atoms with Gasteiger partial charge < -0.3 is 0 Å². The Morgan fingerprint density at radius 2 is 0.583 bits per heavy atom. The normalized spacial score (nSPS) is 12.7. The van der Waals surface area contributed by atoms with Crippen LogP contribution in [0.3, 0.4) is 0 Å². The molecular formula is C46H28N4O2S8. The number of hydrogen-bond donors (Lipinski definition) is 0. The van der Waals surface area contributed by atoms with Gasteiger partial charge in [-0.2, -0.15) is 0 Å². The summed E-state index contributed by atoms with van der Waals surface area (Å²) in [5.41, 5.74) is 9.78. The highest BCUT2D eigenvalue weighted by molar-refractivity contribution is 8.02. The van der Waals surface area contributed by atoms with E-state index in [0.29, 0.717) is 41.8 Å². The maximum absolute atomic E-state index is 15.6. The zero-order valence-corrected chi connectivity index (χ0v) is 38.6. The second-order valence-electron chi connectivity index (χ2n) is 14.5. The van der Waals surface area contributed by atoms with Crippen LogP contribution in [0, 0.1) is 27.7 Å². The molecule has 6 aromatic carbocycles. The van der Waals surface area contributed by atoms with E-state index in [1.54, 1.807) is 45.3 Å². The van der Waals surface area contributed by atoms with E-state index in [-0.39, 0.29) is 11.6 Å². The second kappa shape index (κ2) is 15.2. The van der Waals surface area contributed by atoms with E-state index in [1.165, 1.54) is 47.0 Å². The van der Waals surface area contributed by atoms with E-state index >= 15 is 9.59 Å². The molecule has 14 heteroatoms. The summed E-state index contributed by atoms with van der Waals surface area (Å²) in [6.45, 7) is 8.23. The molecule has 11 rings (SSSR count). The molecule has 0 N–H and O–H groups in total. The van der Waals surface area contributed by atoms with E-state index in [9.17, 15) is 0 Å². The molecule has 0 amide bonds. The number of fused-ring (bicyclic) bond motifs is 6. The number of benzene rings is 6. The van der Waals surface area contributed by atoms with Crippen molar-refractivity contribution in [2.45, 2.75) is 64.6 Å². The van der Waals surface area contributed by atoms with Crippen LogP contribution in [0.2, 0.25) is 0 Å². The number of hydrogen-bond acceptors (Lipinski definition) is 14. The van der Waals surface area contributed by atoms with Gasteiger partial charge in [-0.3, -0.25) is 9.59 Å². The number of rotatable bonds is 8. The molecule has 6 nitrogen and oxygen atoms in total. The molecule has 0 saturated carbocycles. The number of aryl methyl sites for hydroxylation is 4. The van der Waals surface area contributed by atoms with Gasteiger partial charge in [-0.25, -0.2) is 19.9 Å². The average Bonchev–Trinajstić information content (AvgIpc) is 4.01. The first-order chi connectivity index (χ1) is 29.1. The molecule has 4 aromatic heterocycles. The maximum atomic E-state index is 15.6. The lowest BCUT2D eigenvalue weighted by Crippen LogP contribution is -2.24. The van der Waals surface area contributed by atoms with Gasteiger partial charge in [-0.05, 0) is 123 Å². The molecule has 0 aliphatic heterocycles. The number of aromatic nitrogens is 4. The van der Waals surface area contributed by atoms with Gasteiger partial charge in [0.25, 0.3) is 0 Å². The Balaban J connectivity index is 1.09. The van der Waals surface area contributed by atoms with Crippen LogP contribution in [0.25, 0.3) is 40.9 Å². The van der Waals surface area contributed by atoms with Gasteiger partial charge in [0.1, 0.15) is 0 Å². The standard InChI is InChI=1S/C46H28N4O2S8/c1-21-5-9-29-25(17-21)47-43(53-29)57-33-13-14-34(58-44-48-26-18-22(2)6-10-30(26)54-44)38-37(33)41(51)39-35(59-45-49-27-19-23(3)7-11-31(27)55-45)15-16-36(40(39)42(38)52)60-46-50-28-20-24(4)8-12-32(28)56-46/h5-20H,1-4H3. The molecule has 0 saturated heterocycles. The van der Waals surface area contributed by atoms with Crippen molar-refractivity contribution < 1.29 is 9.59 Å². The van der Waals surface area contributed by atoms with Crippen molar-refractivity contribution in [3.05, 3.63) is 142 Å². The first-order valence-electron chi connectivity index (χ1n) is 18.7. The Hall–Kier alpha value is -4.38. The van der Waals surface area contributed by atoms with Crippen LogP contribution < -0.4 is 0 Å². The Morgan fingerprint density at radius 3 is 0.817 bits per heavy atom. The molecule has 10 aromatic rings. The van der Waals surface area contributed by atoms with Crippen molar-refractivity contribution in [2.75, 3.05) is 0 Å². The highest BCUT2D eigenvalue weighted by Gasteiger charge is 2.39. The predicted molar refractivity (Wildman–Crippen MR) is 254 cm³/mol. The summed E-state index contributed by atoms with van der Waals surface area (Å²) in [4.78, 5) is 53.9. The Morgan fingerprint density at radius 1 is 0.350 bits per heavy atom. The number of thiazole rings is 4. The molecule has 60 heavy (non-hydrogen) atoms.